The number of hydrogen-bond donors (Lipinski definition) is 1. The SMILES string of the molecule is COc1cc(Nc2nc3n(n2)CCCC[C@H]3c2ccc(OC(F)(F)F)cc2)ccc1-n1cnc(Cl)c1. The zero-order valence-corrected chi connectivity index (χ0v) is 19.9. The molecule has 1 atom stereocenters. The van der Waals surface area contributed by atoms with Crippen molar-refractivity contribution in [2.75, 3.05) is 12.4 Å². The molecule has 188 valence electrons. The molecule has 1 N–H and O–H groups in total. The van der Waals surface area contributed by atoms with Crippen LogP contribution in [-0.2, 0) is 6.54 Å². The van der Waals surface area contributed by atoms with Gasteiger partial charge < -0.3 is 19.4 Å². The molecule has 0 saturated heterocycles. The molecule has 0 radical (unpaired) electrons. The van der Waals surface area contributed by atoms with Gasteiger partial charge >= 0.3 is 6.36 Å². The number of benzene rings is 2. The smallest absolute Gasteiger partial charge is 0.494 e. The molecule has 0 unspecified atom stereocenters. The van der Waals surface area contributed by atoms with Crippen LogP contribution in [0.5, 0.6) is 11.5 Å². The zero-order valence-electron chi connectivity index (χ0n) is 19.2. The summed E-state index contributed by atoms with van der Waals surface area (Å²) in [6.45, 7) is 0.708. The molecule has 0 amide bonds. The third kappa shape index (κ3) is 5.25. The molecule has 0 fully saturated rings. The highest BCUT2D eigenvalue weighted by Crippen LogP contribution is 2.35. The molecule has 12 heteroatoms. The molecule has 2 aromatic carbocycles. The second-order valence-corrected chi connectivity index (χ2v) is 8.68. The Kier molecular flexibility index (Phi) is 6.48. The topological polar surface area (TPSA) is 79.0 Å². The Bertz CT molecular complexity index is 1350. The first-order valence-corrected chi connectivity index (χ1v) is 11.6. The average molecular weight is 519 g/mol. The molecule has 0 saturated carbocycles. The van der Waals surface area contributed by atoms with Crippen LogP contribution in [-0.4, -0.2) is 37.8 Å². The van der Waals surface area contributed by atoms with Gasteiger partial charge in [-0.2, -0.15) is 4.98 Å². The van der Waals surface area contributed by atoms with Gasteiger partial charge in [0.1, 0.15) is 28.8 Å². The van der Waals surface area contributed by atoms with Gasteiger partial charge in [0.2, 0.25) is 5.95 Å². The lowest BCUT2D eigenvalue weighted by Gasteiger charge is -2.15. The van der Waals surface area contributed by atoms with E-state index in [0.29, 0.717) is 23.4 Å². The van der Waals surface area contributed by atoms with Crippen LogP contribution >= 0.6 is 11.6 Å². The highest BCUT2D eigenvalue weighted by molar-refractivity contribution is 6.29. The summed E-state index contributed by atoms with van der Waals surface area (Å²) in [6, 6.07) is 11.5. The van der Waals surface area contributed by atoms with Gasteiger partial charge in [0.15, 0.2) is 0 Å². The van der Waals surface area contributed by atoms with Gasteiger partial charge in [0, 0.05) is 30.4 Å². The summed E-state index contributed by atoms with van der Waals surface area (Å²) < 4.78 is 50.7. The summed E-state index contributed by atoms with van der Waals surface area (Å²) in [6.07, 6.45) is 1.25. The van der Waals surface area contributed by atoms with Gasteiger partial charge in [0.05, 0.1) is 12.8 Å². The maximum absolute atomic E-state index is 12.5. The van der Waals surface area contributed by atoms with Gasteiger partial charge in [-0.15, -0.1) is 18.3 Å². The first-order chi connectivity index (χ1) is 17.3. The molecule has 1 aliphatic rings. The Hall–Kier alpha value is -3.73. The number of alkyl halides is 3. The van der Waals surface area contributed by atoms with Crippen molar-refractivity contribution < 1.29 is 22.6 Å². The molecule has 1 aliphatic heterocycles. The number of halogens is 4. The second-order valence-electron chi connectivity index (χ2n) is 8.30. The lowest BCUT2D eigenvalue weighted by Crippen LogP contribution is -2.17. The number of methoxy groups -OCH3 is 1. The minimum Gasteiger partial charge on any atom is -0.494 e. The Morgan fingerprint density at radius 1 is 1.11 bits per heavy atom. The number of aromatic nitrogens is 5. The van der Waals surface area contributed by atoms with Crippen LogP contribution in [0.15, 0.2) is 55.0 Å². The average Bonchev–Trinajstić information content (AvgIpc) is 3.39. The summed E-state index contributed by atoms with van der Waals surface area (Å²) in [7, 11) is 1.58. The van der Waals surface area contributed by atoms with Gasteiger partial charge in [-0.05, 0) is 42.7 Å². The monoisotopic (exact) mass is 518 g/mol. The molecular weight excluding hydrogens is 497 g/mol. The summed E-state index contributed by atoms with van der Waals surface area (Å²) in [5.74, 6) is 1.44. The number of anilines is 2. The molecule has 2 aromatic heterocycles. The lowest BCUT2D eigenvalue weighted by atomic mass is 9.93. The van der Waals surface area contributed by atoms with Crippen LogP contribution in [0.25, 0.3) is 5.69 Å². The summed E-state index contributed by atoms with van der Waals surface area (Å²) in [5.41, 5.74) is 2.36. The molecule has 0 aliphatic carbocycles. The van der Waals surface area contributed by atoms with E-state index in [1.54, 1.807) is 36.3 Å². The van der Waals surface area contributed by atoms with Crippen molar-refractivity contribution in [1.29, 1.82) is 0 Å². The fourth-order valence-corrected chi connectivity index (χ4v) is 4.46. The number of nitrogens with one attached hydrogen (secondary N) is 1. The molecular formula is C24H22ClF3N6O2. The molecule has 0 bridgehead atoms. The van der Waals surface area contributed by atoms with Crippen LogP contribution in [0.3, 0.4) is 0 Å². The van der Waals surface area contributed by atoms with Crippen LogP contribution in [0, 0.1) is 0 Å². The van der Waals surface area contributed by atoms with Gasteiger partial charge in [-0.3, -0.25) is 0 Å². The van der Waals surface area contributed by atoms with E-state index < -0.39 is 6.36 Å². The number of fused-ring (bicyclic) bond motifs is 1. The number of nitrogens with zero attached hydrogens (tertiary/aromatic N) is 5. The zero-order chi connectivity index (χ0) is 25.3. The fourth-order valence-electron chi connectivity index (χ4n) is 4.31. The highest BCUT2D eigenvalue weighted by atomic mass is 35.5. The molecule has 0 spiro atoms. The highest BCUT2D eigenvalue weighted by Gasteiger charge is 2.31. The van der Waals surface area contributed by atoms with Gasteiger partial charge in [0.25, 0.3) is 0 Å². The van der Waals surface area contributed by atoms with Crippen molar-refractivity contribution >= 4 is 23.2 Å². The normalized spacial score (nSPS) is 15.8. The Morgan fingerprint density at radius 3 is 2.61 bits per heavy atom. The predicted octanol–water partition coefficient (Wildman–Crippen LogP) is 6.08. The summed E-state index contributed by atoms with van der Waals surface area (Å²) in [4.78, 5) is 8.77. The van der Waals surface area contributed by atoms with E-state index in [1.807, 2.05) is 22.9 Å². The van der Waals surface area contributed by atoms with E-state index in [9.17, 15) is 13.2 Å². The van der Waals surface area contributed by atoms with Crippen LogP contribution in [0.4, 0.5) is 24.8 Å². The summed E-state index contributed by atoms with van der Waals surface area (Å²) >= 11 is 5.94. The third-order valence-electron chi connectivity index (χ3n) is 5.91. The van der Waals surface area contributed by atoms with Crippen molar-refractivity contribution in [2.24, 2.45) is 0 Å². The largest absolute Gasteiger partial charge is 0.573 e. The van der Waals surface area contributed by atoms with Crippen molar-refractivity contribution in [3.63, 3.8) is 0 Å². The minimum absolute atomic E-state index is 0.0987. The van der Waals surface area contributed by atoms with Gasteiger partial charge in [-0.25, -0.2) is 9.67 Å². The van der Waals surface area contributed by atoms with E-state index in [0.717, 1.165) is 42.0 Å². The van der Waals surface area contributed by atoms with E-state index in [4.69, 9.17) is 21.3 Å². The van der Waals surface area contributed by atoms with E-state index in [2.05, 4.69) is 20.1 Å². The Balaban J connectivity index is 1.39. The Labute approximate surface area is 209 Å². The molecule has 5 rings (SSSR count). The van der Waals surface area contributed by atoms with Crippen molar-refractivity contribution in [1.82, 2.24) is 24.3 Å². The first-order valence-electron chi connectivity index (χ1n) is 11.2. The van der Waals surface area contributed by atoms with E-state index in [-0.39, 0.29) is 11.7 Å². The maximum Gasteiger partial charge on any atom is 0.573 e. The molecule has 36 heavy (non-hydrogen) atoms. The van der Waals surface area contributed by atoms with Crippen LogP contribution < -0.4 is 14.8 Å². The number of hydrogen-bond acceptors (Lipinski definition) is 6. The van der Waals surface area contributed by atoms with E-state index in [1.165, 1.54) is 12.1 Å². The molecule has 8 nitrogen and oxygen atoms in total. The minimum atomic E-state index is -4.72. The lowest BCUT2D eigenvalue weighted by molar-refractivity contribution is -0.274. The third-order valence-corrected chi connectivity index (χ3v) is 6.10. The Morgan fingerprint density at radius 2 is 1.92 bits per heavy atom. The number of aryl methyl sites for hydroxylation is 1. The molecule has 4 aromatic rings. The van der Waals surface area contributed by atoms with Crippen LogP contribution in [0.2, 0.25) is 5.15 Å². The number of imidazole rings is 1. The van der Waals surface area contributed by atoms with Crippen LogP contribution in [0.1, 0.15) is 36.6 Å². The second kappa shape index (κ2) is 9.73. The summed E-state index contributed by atoms with van der Waals surface area (Å²) in [5, 5.41) is 8.24. The number of rotatable bonds is 6. The maximum atomic E-state index is 12.5. The quantitative estimate of drug-likeness (QED) is 0.333. The number of ether oxygens (including phenoxy) is 2. The predicted molar refractivity (Wildman–Crippen MR) is 127 cm³/mol. The standard InChI is InChI=1S/C24H22ClF3N6O2/c1-35-20-12-16(7-10-19(20)33-13-21(25)29-14-33)30-23-31-22-18(4-2-3-11-34(22)32-23)15-5-8-17(9-6-15)36-24(26,27)28/h5-10,12-14,18H,2-4,11H2,1H3,(H,30,32)/t18-/m0/s1. The first kappa shape index (κ1) is 24.0. The van der Waals surface area contributed by atoms with Crippen molar-refractivity contribution in [3.8, 4) is 17.2 Å². The van der Waals surface area contributed by atoms with Gasteiger partial charge in [-0.1, -0.05) is 30.2 Å². The van der Waals surface area contributed by atoms with E-state index >= 15 is 0 Å². The fraction of sp³-hybridized carbons (Fsp3) is 0.292. The van der Waals surface area contributed by atoms with Crippen molar-refractivity contribution in [3.05, 3.63) is 71.5 Å². The van der Waals surface area contributed by atoms with Crippen molar-refractivity contribution in [2.45, 2.75) is 38.1 Å². The molecule has 3 heterocycles.